The van der Waals surface area contributed by atoms with Crippen LogP contribution in [0, 0.1) is 10.1 Å². The highest BCUT2D eigenvalue weighted by Crippen LogP contribution is 2.37. The van der Waals surface area contributed by atoms with Crippen LogP contribution in [0.3, 0.4) is 0 Å². The van der Waals surface area contributed by atoms with Crippen molar-refractivity contribution in [3.63, 3.8) is 0 Å². The van der Waals surface area contributed by atoms with Crippen LogP contribution in [-0.2, 0) is 6.18 Å². The lowest BCUT2D eigenvalue weighted by Crippen LogP contribution is -2.10. The van der Waals surface area contributed by atoms with Gasteiger partial charge in [-0.15, -0.1) is 0 Å². The molecular weight excluding hydrogens is 365 g/mol. The molecular formula is C18H27F3N2O2S. The maximum Gasteiger partial charge on any atom is 0.423 e. The van der Waals surface area contributed by atoms with Crippen molar-refractivity contribution < 1.29 is 18.1 Å². The van der Waals surface area contributed by atoms with Crippen LogP contribution >= 0.6 is 11.8 Å². The third-order valence-electron chi connectivity index (χ3n) is 4.10. The zero-order chi connectivity index (χ0) is 19.4. The van der Waals surface area contributed by atoms with Crippen LogP contribution in [0.4, 0.5) is 24.5 Å². The van der Waals surface area contributed by atoms with E-state index >= 15 is 0 Å². The standard InChI is InChI=1S/C18H27F3N2O2S/c1-26-13-9-7-5-3-2-4-6-8-12-22-15-10-11-17(23(24)25)16(14-15)18(19,20)21/h10-11,14,22H,2-9,12-13H2,1H3. The monoisotopic (exact) mass is 392 g/mol. The highest BCUT2D eigenvalue weighted by molar-refractivity contribution is 7.98. The lowest BCUT2D eigenvalue weighted by Gasteiger charge is -2.11. The number of nitro benzene ring substituents is 1. The zero-order valence-electron chi connectivity index (χ0n) is 15.1. The first-order chi connectivity index (χ1) is 12.4. The van der Waals surface area contributed by atoms with E-state index in [1.54, 1.807) is 0 Å². The Labute approximate surface area is 157 Å². The molecule has 0 saturated heterocycles. The van der Waals surface area contributed by atoms with E-state index in [1.807, 2.05) is 11.8 Å². The number of nitrogens with one attached hydrogen (secondary N) is 1. The van der Waals surface area contributed by atoms with Crippen molar-refractivity contribution in [2.24, 2.45) is 0 Å². The second-order valence-electron chi connectivity index (χ2n) is 6.23. The summed E-state index contributed by atoms with van der Waals surface area (Å²) in [7, 11) is 0. The predicted octanol–water partition coefficient (Wildman–Crippen LogP) is 6.51. The average Bonchev–Trinajstić information content (AvgIpc) is 2.58. The Kier molecular flexibility index (Phi) is 10.5. The van der Waals surface area contributed by atoms with E-state index in [1.165, 1.54) is 43.9 Å². The molecule has 0 bridgehead atoms. The van der Waals surface area contributed by atoms with E-state index < -0.39 is 22.4 Å². The van der Waals surface area contributed by atoms with Crippen molar-refractivity contribution in [2.45, 2.75) is 57.5 Å². The van der Waals surface area contributed by atoms with Crippen molar-refractivity contribution in [3.8, 4) is 0 Å². The van der Waals surface area contributed by atoms with Crippen LogP contribution in [0.2, 0.25) is 0 Å². The molecule has 1 rings (SSSR count). The molecule has 0 unspecified atom stereocenters. The highest BCUT2D eigenvalue weighted by atomic mass is 32.2. The van der Waals surface area contributed by atoms with Crippen molar-refractivity contribution in [3.05, 3.63) is 33.9 Å². The molecule has 0 saturated carbocycles. The van der Waals surface area contributed by atoms with Crippen molar-refractivity contribution in [1.82, 2.24) is 0 Å². The fourth-order valence-electron chi connectivity index (χ4n) is 2.70. The minimum absolute atomic E-state index is 0.261. The van der Waals surface area contributed by atoms with Gasteiger partial charge < -0.3 is 5.32 Å². The van der Waals surface area contributed by atoms with Gasteiger partial charge in [-0.25, -0.2) is 0 Å². The van der Waals surface area contributed by atoms with Gasteiger partial charge in [-0.2, -0.15) is 24.9 Å². The number of anilines is 1. The molecule has 4 nitrogen and oxygen atoms in total. The Morgan fingerprint density at radius 1 is 1.04 bits per heavy atom. The van der Waals surface area contributed by atoms with Crippen LogP contribution in [0.5, 0.6) is 0 Å². The molecule has 0 fully saturated rings. The molecule has 0 amide bonds. The largest absolute Gasteiger partial charge is 0.423 e. The fourth-order valence-corrected chi connectivity index (χ4v) is 3.19. The summed E-state index contributed by atoms with van der Waals surface area (Å²) in [6.07, 6.45) is 6.64. The molecule has 1 aromatic rings. The summed E-state index contributed by atoms with van der Waals surface area (Å²) in [6, 6.07) is 3.04. The van der Waals surface area contributed by atoms with Gasteiger partial charge in [0.1, 0.15) is 5.56 Å². The normalized spacial score (nSPS) is 11.5. The van der Waals surface area contributed by atoms with Crippen molar-refractivity contribution in [2.75, 3.05) is 23.9 Å². The maximum atomic E-state index is 12.9. The summed E-state index contributed by atoms with van der Waals surface area (Å²) in [5.41, 5.74) is -1.87. The van der Waals surface area contributed by atoms with Gasteiger partial charge in [0.15, 0.2) is 0 Å². The Hall–Kier alpha value is -1.44. The van der Waals surface area contributed by atoms with E-state index in [0.29, 0.717) is 6.54 Å². The molecule has 1 aromatic carbocycles. The number of thioether (sulfide) groups is 1. The van der Waals surface area contributed by atoms with Gasteiger partial charge in [0.25, 0.3) is 5.69 Å². The van der Waals surface area contributed by atoms with Gasteiger partial charge in [-0.05, 0) is 37.0 Å². The summed E-state index contributed by atoms with van der Waals surface area (Å²) in [4.78, 5) is 9.72. The summed E-state index contributed by atoms with van der Waals surface area (Å²) in [5.74, 6) is 1.23. The Morgan fingerprint density at radius 3 is 2.15 bits per heavy atom. The summed E-state index contributed by atoms with van der Waals surface area (Å²) >= 11 is 1.88. The molecule has 0 aliphatic rings. The number of benzene rings is 1. The highest BCUT2D eigenvalue weighted by Gasteiger charge is 2.38. The molecule has 8 heteroatoms. The van der Waals surface area contributed by atoms with E-state index in [0.717, 1.165) is 31.4 Å². The first-order valence-electron chi connectivity index (χ1n) is 8.94. The first kappa shape index (κ1) is 22.6. The van der Waals surface area contributed by atoms with Crippen LogP contribution in [0.25, 0.3) is 0 Å². The summed E-state index contributed by atoms with van der Waals surface area (Å²) < 4.78 is 38.7. The van der Waals surface area contributed by atoms with Gasteiger partial charge >= 0.3 is 6.18 Å². The first-order valence-corrected chi connectivity index (χ1v) is 10.3. The third kappa shape index (κ3) is 8.78. The van der Waals surface area contributed by atoms with Crippen LogP contribution in [0.1, 0.15) is 56.9 Å². The molecule has 0 atom stereocenters. The number of hydrogen-bond donors (Lipinski definition) is 1. The maximum absolute atomic E-state index is 12.9. The molecule has 0 spiro atoms. The second-order valence-corrected chi connectivity index (χ2v) is 7.22. The second kappa shape index (κ2) is 12.0. The molecule has 0 aliphatic heterocycles. The third-order valence-corrected chi connectivity index (χ3v) is 4.80. The number of rotatable bonds is 13. The lowest BCUT2D eigenvalue weighted by atomic mass is 10.1. The van der Waals surface area contributed by atoms with E-state index in [4.69, 9.17) is 0 Å². The van der Waals surface area contributed by atoms with Gasteiger partial charge in [0, 0.05) is 18.3 Å². The number of alkyl halides is 3. The summed E-state index contributed by atoms with van der Waals surface area (Å²) in [5, 5.41) is 13.6. The quantitative estimate of drug-likeness (QED) is 0.236. The predicted molar refractivity (Wildman–Crippen MR) is 102 cm³/mol. The van der Waals surface area contributed by atoms with E-state index in [-0.39, 0.29) is 5.69 Å². The number of hydrogen-bond acceptors (Lipinski definition) is 4. The zero-order valence-corrected chi connectivity index (χ0v) is 15.9. The molecule has 26 heavy (non-hydrogen) atoms. The summed E-state index contributed by atoms with van der Waals surface area (Å²) in [6.45, 7) is 0.558. The van der Waals surface area contributed by atoms with E-state index in [9.17, 15) is 23.3 Å². The van der Waals surface area contributed by atoms with Gasteiger partial charge in [0.05, 0.1) is 4.92 Å². The number of unbranched alkanes of at least 4 members (excludes halogenated alkanes) is 7. The SMILES string of the molecule is CSCCCCCCCCCCNc1ccc([N+](=O)[O-])c(C(F)(F)F)c1. The van der Waals surface area contributed by atoms with Crippen LogP contribution < -0.4 is 5.32 Å². The minimum atomic E-state index is -4.74. The van der Waals surface area contributed by atoms with Crippen LogP contribution in [-0.4, -0.2) is 23.5 Å². The van der Waals surface area contributed by atoms with Gasteiger partial charge in [-0.3, -0.25) is 10.1 Å². The number of halogens is 3. The molecule has 0 aliphatic carbocycles. The molecule has 0 aromatic heterocycles. The van der Waals surface area contributed by atoms with E-state index in [2.05, 4.69) is 11.6 Å². The smallest absolute Gasteiger partial charge is 0.385 e. The minimum Gasteiger partial charge on any atom is -0.385 e. The Bertz CT molecular complexity index is 554. The Balaban J connectivity index is 2.26. The molecule has 148 valence electrons. The Morgan fingerprint density at radius 2 is 1.62 bits per heavy atom. The average molecular weight is 392 g/mol. The molecule has 0 heterocycles. The molecule has 1 N–H and O–H groups in total. The fraction of sp³-hybridized carbons (Fsp3) is 0.667. The van der Waals surface area contributed by atoms with Gasteiger partial charge in [-0.1, -0.05) is 38.5 Å². The van der Waals surface area contributed by atoms with Crippen LogP contribution in [0.15, 0.2) is 18.2 Å². The van der Waals surface area contributed by atoms with Crippen molar-refractivity contribution >= 4 is 23.1 Å². The van der Waals surface area contributed by atoms with Gasteiger partial charge in [0.2, 0.25) is 0 Å². The topological polar surface area (TPSA) is 55.2 Å². The molecule has 0 radical (unpaired) electrons. The lowest BCUT2D eigenvalue weighted by molar-refractivity contribution is -0.388. The number of nitrogens with zero attached hydrogens (tertiary/aromatic N) is 1. The number of nitro groups is 1. The van der Waals surface area contributed by atoms with Crippen molar-refractivity contribution in [1.29, 1.82) is 0 Å².